The summed E-state index contributed by atoms with van der Waals surface area (Å²) in [4.78, 5) is 28.0. The van der Waals surface area contributed by atoms with Crippen LogP contribution in [0.4, 0.5) is 20.6 Å². The van der Waals surface area contributed by atoms with Gasteiger partial charge in [0.05, 0.1) is 6.42 Å². The second-order valence-corrected chi connectivity index (χ2v) is 8.51. The first-order chi connectivity index (χ1) is 15.5. The maximum Gasteiger partial charge on any atom is 0.322 e. The van der Waals surface area contributed by atoms with Crippen molar-refractivity contribution >= 4 is 35.1 Å². The van der Waals surface area contributed by atoms with Crippen molar-refractivity contribution in [2.45, 2.75) is 24.3 Å². The second-order valence-electron chi connectivity index (χ2n) is 7.63. The number of urea groups is 1. The maximum absolute atomic E-state index is 13.8. The van der Waals surface area contributed by atoms with Gasteiger partial charge in [-0.1, -0.05) is 30.3 Å². The minimum Gasteiger partial charge on any atom is -0.326 e. The van der Waals surface area contributed by atoms with Crippen molar-refractivity contribution in [1.29, 1.82) is 0 Å². The highest BCUT2D eigenvalue weighted by Gasteiger charge is 2.21. The molecule has 0 atom stereocenters. The number of hydrogen-bond acceptors (Lipinski definition) is 3. The summed E-state index contributed by atoms with van der Waals surface area (Å²) in [6.07, 6.45) is 2.71. The van der Waals surface area contributed by atoms with Gasteiger partial charge in [-0.05, 0) is 65.8 Å². The van der Waals surface area contributed by atoms with Crippen molar-refractivity contribution < 1.29 is 14.0 Å². The van der Waals surface area contributed by atoms with Crippen molar-refractivity contribution in [3.8, 4) is 0 Å². The third kappa shape index (κ3) is 5.29. The molecule has 3 amide bonds. The highest BCUT2D eigenvalue weighted by atomic mass is 32.2. The first-order valence-corrected chi connectivity index (χ1v) is 11.6. The van der Waals surface area contributed by atoms with E-state index in [-0.39, 0.29) is 18.4 Å². The SMILES string of the molecule is CSc1cccc(NC(=O)N2CCc3ccc(NC(=O)Cc4ccccc4F)cc3C2)c1. The van der Waals surface area contributed by atoms with E-state index in [2.05, 4.69) is 10.6 Å². The number of benzene rings is 3. The summed E-state index contributed by atoms with van der Waals surface area (Å²) < 4.78 is 13.8. The van der Waals surface area contributed by atoms with Crippen molar-refractivity contribution in [1.82, 2.24) is 4.90 Å². The zero-order valence-corrected chi connectivity index (χ0v) is 18.5. The number of carbonyl (C=O) groups is 2. The molecule has 5 nitrogen and oxygen atoms in total. The molecule has 0 saturated carbocycles. The van der Waals surface area contributed by atoms with Crippen LogP contribution in [0.1, 0.15) is 16.7 Å². The van der Waals surface area contributed by atoms with E-state index < -0.39 is 5.82 Å². The minimum absolute atomic E-state index is 0.0343. The number of thioether (sulfide) groups is 1. The van der Waals surface area contributed by atoms with Gasteiger partial charge in [0.25, 0.3) is 0 Å². The van der Waals surface area contributed by atoms with Gasteiger partial charge in [-0.25, -0.2) is 9.18 Å². The summed E-state index contributed by atoms with van der Waals surface area (Å²) in [6, 6.07) is 19.6. The van der Waals surface area contributed by atoms with Crippen LogP contribution in [0.2, 0.25) is 0 Å². The number of amides is 3. The normalized spacial score (nSPS) is 12.8. The number of fused-ring (bicyclic) bond motifs is 1. The molecule has 0 fully saturated rings. The molecule has 1 heterocycles. The van der Waals surface area contributed by atoms with Crippen LogP contribution in [0.5, 0.6) is 0 Å². The monoisotopic (exact) mass is 449 g/mol. The second kappa shape index (κ2) is 9.87. The van der Waals surface area contributed by atoms with Gasteiger partial charge in [-0.15, -0.1) is 11.8 Å². The lowest BCUT2D eigenvalue weighted by Crippen LogP contribution is -2.38. The maximum atomic E-state index is 13.8. The summed E-state index contributed by atoms with van der Waals surface area (Å²) in [5.41, 5.74) is 3.91. The largest absolute Gasteiger partial charge is 0.326 e. The Bertz CT molecular complexity index is 1150. The van der Waals surface area contributed by atoms with Crippen LogP contribution in [-0.2, 0) is 24.2 Å². The highest BCUT2D eigenvalue weighted by molar-refractivity contribution is 7.98. The highest BCUT2D eigenvalue weighted by Crippen LogP contribution is 2.24. The minimum atomic E-state index is -0.391. The van der Waals surface area contributed by atoms with E-state index in [1.54, 1.807) is 34.9 Å². The van der Waals surface area contributed by atoms with E-state index in [1.807, 2.05) is 48.7 Å². The molecule has 4 rings (SSSR count). The molecule has 0 aliphatic carbocycles. The standard InChI is InChI=1S/C25H24FN3O2S/c1-32-22-7-4-6-20(15-22)28-25(31)29-12-11-17-9-10-21(13-19(17)16-29)27-24(30)14-18-5-2-3-8-23(18)26/h2-10,13,15H,11-12,14,16H2,1H3,(H,27,30)(H,28,31). The molecule has 0 aromatic heterocycles. The Kier molecular flexibility index (Phi) is 6.75. The molecule has 2 N–H and O–H groups in total. The first kappa shape index (κ1) is 21.9. The molecule has 3 aromatic carbocycles. The Morgan fingerprint density at radius 1 is 0.969 bits per heavy atom. The Morgan fingerprint density at radius 3 is 2.59 bits per heavy atom. The predicted octanol–water partition coefficient (Wildman–Crippen LogP) is 5.32. The molecule has 1 aliphatic heterocycles. The van der Waals surface area contributed by atoms with E-state index >= 15 is 0 Å². The first-order valence-electron chi connectivity index (χ1n) is 10.4. The lowest BCUT2D eigenvalue weighted by Gasteiger charge is -2.29. The molecule has 7 heteroatoms. The molecule has 3 aromatic rings. The van der Waals surface area contributed by atoms with Gasteiger partial charge < -0.3 is 15.5 Å². The molecule has 0 unspecified atom stereocenters. The number of nitrogens with one attached hydrogen (secondary N) is 2. The van der Waals surface area contributed by atoms with E-state index in [4.69, 9.17) is 0 Å². The average Bonchev–Trinajstić information content (AvgIpc) is 2.80. The van der Waals surface area contributed by atoms with Gasteiger partial charge in [-0.2, -0.15) is 0 Å². The van der Waals surface area contributed by atoms with Gasteiger partial charge >= 0.3 is 6.03 Å². The van der Waals surface area contributed by atoms with Gasteiger partial charge in [0.2, 0.25) is 5.91 Å². The summed E-state index contributed by atoms with van der Waals surface area (Å²) in [7, 11) is 0. The van der Waals surface area contributed by atoms with Crippen LogP contribution in [0.25, 0.3) is 0 Å². The molecule has 164 valence electrons. The van der Waals surface area contributed by atoms with Crippen LogP contribution in [0.3, 0.4) is 0 Å². The van der Waals surface area contributed by atoms with E-state index in [1.165, 1.54) is 6.07 Å². The number of hydrogen-bond donors (Lipinski definition) is 2. The molecule has 1 aliphatic rings. The smallest absolute Gasteiger partial charge is 0.322 e. The van der Waals surface area contributed by atoms with Gasteiger partial charge in [0.15, 0.2) is 0 Å². The summed E-state index contributed by atoms with van der Waals surface area (Å²) >= 11 is 1.62. The molecule has 0 radical (unpaired) electrons. The van der Waals surface area contributed by atoms with Gasteiger partial charge in [0, 0.05) is 29.4 Å². The summed E-state index contributed by atoms with van der Waals surface area (Å²) in [5.74, 6) is -0.674. The van der Waals surface area contributed by atoms with Crippen molar-refractivity contribution in [2.24, 2.45) is 0 Å². The molecule has 0 spiro atoms. The van der Waals surface area contributed by atoms with E-state index in [0.29, 0.717) is 24.3 Å². The molecular weight excluding hydrogens is 425 g/mol. The number of halogens is 1. The fourth-order valence-electron chi connectivity index (χ4n) is 3.73. The Labute approximate surface area is 191 Å². The molecule has 0 bridgehead atoms. The topological polar surface area (TPSA) is 61.4 Å². The zero-order chi connectivity index (χ0) is 22.5. The van der Waals surface area contributed by atoms with Crippen LogP contribution in [-0.4, -0.2) is 29.6 Å². The average molecular weight is 450 g/mol. The quantitative estimate of drug-likeness (QED) is 0.519. The van der Waals surface area contributed by atoms with Crippen LogP contribution < -0.4 is 10.6 Å². The third-order valence-electron chi connectivity index (χ3n) is 5.42. The third-order valence-corrected chi connectivity index (χ3v) is 6.14. The van der Waals surface area contributed by atoms with Gasteiger partial charge in [0.1, 0.15) is 5.82 Å². The zero-order valence-electron chi connectivity index (χ0n) is 17.7. The lowest BCUT2D eigenvalue weighted by molar-refractivity contribution is -0.115. The Morgan fingerprint density at radius 2 is 1.78 bits per heavy atom. The number of rotatable bonds is 5. The van der Waals surface area contributed by atoms with Gasteiger partial charge in [-0.3, -0.25) is 4.79 Å². The van der Waals surface area contributed by atoms with Crippen molar-refractivity contribution in [3.05, 3.63) is 89.2 Å². The number of carbonyl (C=O) groups excluding carboxylic acids is 2. The Hall–Kier alpha value is -3.32. The predicted molar refractivity (Wildman–Crippen MR) is 127 cm³/mol. The fraction of sp³-hybridized carbons (Fsp3) is 0.200. The van der Waals surface area contributed by atoms with Crippen LogP contribution in [0, 0.1) is 5.82 Å². The summed E-state index contributed by atoms with van der Waals surface area (Å²) in [5, 5.41) is 5.80. The molecular formula is C25H24FN3O2S. The van der Waals surface area contributed by atoms with Crippen molar-refractivity contribution in [3.63, 3.8) is 0 Å². The van der Waals surface area contributed by atoms with E-state index in [0.717, 1.165) is 28.1 Å². The molecule has 0 saturated heterocycles. The number of nitrogens with zero attached hydrogens (tertiary/aromatic N) is 1. The summed E-state index contributed by atoms with van der Waals surface area (Å²) in [6.45, 7) is 1.08. The van der Waals surface area contributed by atoms with Crippen molar-refractivity contribution in [2.75, 3.05) is 23.4 Å². The lowest BCUT2D eigenvalue weighted by atomic mass is 9.99. The fourth-order valence-corrected chi connectivity index (χ4v) is 4.19. The van der Waals surface area contributed by atoms with Crippen LogP contribution in [0.15, 0.2) is 71.6 Å². The van der Waals surface area contributed by atoms with E-state index in [9.17, 15) is 14.0 Å². The number of anilines is 2. The van der Waals surface area contributed by atoms with Crippen LogP contribution >= 0.6 is 11.8 Å². The Balaban J connectivity index is 1.40. The molecule has 32 heavy (non-hydrogen) atoms.